The lowest BCUT2D eigenvalue weighted by molar-refractivity contribution is 0.279. The minimum atomic E-state index is 0.452. The molecule has 0 heteroatoms. The molecule has 0 nitrogen and oxygen atoms in total. The second-order valence-electron chi connectivity index (χ2n) is 17.1. The molecular formula is C51H72. The maximum absolute atomic E-state index is 4.59. The van der Waals surface area contributed by atoms with Gasteiger partial charge in [0.25, 0.3) is 0 Å². The molecule has 0 fully saturated rings. The lowest BCUT2D eigenvalue weighted by Gasteiger charge is -2.37. The smallest absolute Gasteiger partial charge is 0.00228 e. The van der Waals surface area contributed by atoms with Crippen LogP contribution in [-0.2, 0) is 12.8 Å². The zero-order valence-electron chi connectivity index (χ0n) is 34.7. The Labute approximate surface area is 314 Å². The molecule has 0 aliphatic heterocycles. The summed E-state index contributed by atoms with van der Waals surface area (Å²) in [5.74, 6) is 4.61. The quantitative estimate of drug-likeness (QED) is 0.189. The van der Waals surface area contributed by atoms with Gasteiger partial charge in [-0.2, -0.15) is 0 Å². The van der Waals surface area contributed by atoms with E-state index in [1.165, 1.54) is 75.4 Å². The number of aryl methyl sites for hydroxylation is 1. The Balaban J connectivity index is 0.000000271. The summed E-state index contributed by atoms with van der Waals surface area (Å²) in [6, 6.07) is 20.0. The van der Waals surface area contributed by atoms with Crippen molar-refractivity contribution >= 4 is 22.4 Å². The molecule has 0 aromatic heterocycles. The van der Waals surface area contributed by atoms with Crippen molar-refractivity contribution in [3.05, 3.63) is 131 Å². The van der Waals surface area contributed by atoms with Crippen LogP contribution in [0.4, 0.5) is 0 Å². The van der Waals surface area contributed by atoms with Crippen molar-refractivity contribution in [2.45, 2.75) is 122 Å². The Morgan fingerprint density at radius 2 is 1.45 bits per heavy atom. The first-order chi connectivity index (χ1) is 24.1. The van der Waals surface area contributed by atoms with Crippen LogP contribution in [0.5, 0.6) is 0 Å². The lowest BCUT2D eigenvalue weighted by atomic mass is 9.68. The first-order valence-corrected chi connectivity index (χ1v) is 20.1. The largest absolute Gasteiger partial charge is 0.0985 e. The van der Waals surface area contributed by atoms with Gasteiger partial charge in [0.05, 0.1) is 0 Å². The molecule has 0 saturated carbocycles. The molecule has 0 saturated heterocycles. The van der Waals surface area contributed by atoms with Crippen molar-refractivity contribution in [1.29, 1.82) is 0 Å². The topological polar surface area (TPSA) is 0 Å². The van der Waals surface area contributed by atoms with E-state index >= 15 is 0 Å². The number of benzene rings is 3. The number of rotatable bonds is 11. The van der Waals surface area contributed by atoms with Crippen LogP contribution in [-0.4, -0.2) is 0 Å². The average molecular weight is 685 g/mol. The summed E-state index contributed by atoms with van der Waals surface area (Å²) in [7, 11) is 0. The summed E-state index contributed by atoms with van der Waals surface area (Å²) in [5.41, 5.74) is 11.3. The van der Waals surface area contributed by atoms with Crippen molar-refractivity contribution in [2.24, 2.45) is 40.9 Å². The van der Waals surface area contributed by atoms with Crippen molar-refractivity contribution in [3.63, 3.8) is 0 Å². The second kappa shape index (κ2) is 19.5. The molecule has 51 heavy (non-hydrogen) atoms. The molecule has 0 N–H and O–H groups in total. The van der Waals surface area contributed by atoms with Crippen LogP contribution < -0.4 is 0 Å². The number of allylic oxidation sites excluding steroid dienone is 7. The molecule has 5 rings (SSSR count). The Hall–Kier alpha value is -3.38. The Kier molecular flexibility index (Phi) is 16.0. The van der Waals surface area contributed by atoms with Gasteiger partial charge in [-0.25, -0.2) is 0 Å². The predicted molar refractivity (Wildman–Crippen MR) is 231 cm³/mol. The highest BCUT2D eigenvalue weighted by Crippen LogP contribution is 2.45. The van der Waals surface area contributed by atoms with Crippen LogP contribution in [0.1, 0.15) is 130 Å². The minimum Gasteiger partial charge on any atom is -0.0985 e. The van der Waals surface area contributed by atoms with E-state index in [-0.39, 0.29) is 0 Å². The number of hydrogen-bond donors (Lipinski definition) is 0. The minimum absolute atomic E-state index is 0.452. The molecule has 0 heterocycles. The van der Waals surface area contributed by atoms with Crippen molar-refractivity contribution in [2.75, 3.05) is 0 Å². The van der Waals surface area contributed by atoms with E-state index in [0.717, 1.165) is 30.6 Å². The third-order valence-corrected chi connectivity index (χ3v) is 11.9. The molecular weight excluding hydrogens is 613 g/mol. The van der Waals surface area contributed by atoms with Gasteiger partial charge < -0.3 is 0 Å². The molecule has 2 aliphatic rings. The molecule has 276 valence electrons. The van der Waals surface area contributed by atoms with Gasteiger partial charge in [-0.15, -0.1) is 0 Å². The normalized spacial score (nSPS) is 16.9. The maximum atomic E-state index is 4.59. The van der Waals surface area contributed by atoms with E-state index in [1.807, 2.05) is 6.08 Å². The van der Waals surface area contributed by atoms with Gasteiger partial charge in [0.2, 0.25) is 0 Å². The molecule has 3 aromatic rings. The molecule has 2 aliphatic carbocycles. The van der Waals surface area contributed by atoms with Gasteiger partial charge in [0.15, 0.2) is 0 Å². The van der Waals surface area contributed by atoms with Gasteiger partial charge in [0, 0.05) is 0 Å². The zero-order chi connectivity index (χ0) is 37.9. The predicted octanol–water partition coefficient (Wildman–Crippen LogP) is 15.5. The fraction of sp³-hybridized carbons (Fsp3) is 0.490. The van der Waals surface area contributed by atoms with Crippen molar-refractivity contribution in [1.82, 2.24) is 0 Å². The first-order valence-electron chi connectivity index (χ1n) is 20.1. The molecule has 0 spiro atoms. The monoisotopic (exact) mass is 685 g/mol. The fourth-order valence-electron chi connectivity index (χ4n) is 8.84. The van der Waals surface area contributed by atoms with Crippen LogP contribution in [0.15, 0.2) is 103 Å². The van der Waals surface area contributed by atoms with E-state index in [1.54, 1.807) is 5.57 Å². The summed E-state index contributed by atoms with van der Waals surface area (Å²) in [6.45, 7) is 36.2. The fourth-order valence-corrected chi connectivity index (χ4v) is 8.84. The third-order valence-electron chi connectivity index (χ3n) is 11.9. The van der Waals surface area contributed by atoms with Crippen LogP contribution in [0.25, 0.3) is 22.4 Å². The van der Waals surface area contributed by atoms with Crippen LogP contribution >= 0.6 is 0 Å². The first kappa shape index (κ1) is 42.0. The number of hydrogen-bond acceptors (Lipinski definition) is 0. The number of fused-ring (bicyclic) bond motifs is 2. The third kappa shape index (κ3) is 11.3. The maximum Gasteiger partial charge on any atom is -0.00228 e. The van der Waals surface area contributed by atoms with E-state index in [2.05, 4.69) is 175 Å². The van der Waals surface area contributed by atoms with E-state index in [0.29, 0.717) is 23.2 Å². The summed E-state index contributed by atoms with van der Waals surface area (Å²) in [4.78, 5) is 0. The van der Waals surface area contributed by atoms with Crippen molar-refractivity contribution in [3.8, 4) is 0 Å². The Bertz CT molecular complexity index is 1670. The standard InChI is InChI=1S/C30H36.C12H16.C9H20/c1-8-24-13-14-26(22(6)17-24)18-23(7)30-27(19-29(20(2)3)21(4)5)16-15-25-11-9-10-12-28(25)30;1-10-6-5-9-12(2)8-4-3-7-11(10)12;1-6-9(7(2)3)8(4)5/h8-17,20-21,29H,1,7,18-19H2,2-6H3;3-4,6-7H,5,8-9H2,1-2H3;7-9H,6H2,1-5H3. The summed E-state index contributed by atoms with van der Waals surface area (Å²) < 4.78 is 0. The summed E-state index contributed by atoms with van der Waals surface area (Å²) in [5, 5.41) is 2.62. The van der Waals surface area contributed by atoms with Crippen molar-refractivity contribution < 1.29 is 0 Å². The SMILES string of the molecule is C=Cc1ccc(CC(=C)c2c(CC(C(C)C)C(C)C)ccc3ccccc23)c(C)c1.CC1=CCCC2(C)CC=CC=C12.CCC(C(C)C)C(C)C. The van der Waals surface area contributed by atoms with Gasteiger partial charge >= 0.3 is 0 Å². The average Bonchev–Trinajstić information content (AvgIpc) is 3.08. The second-order valence-corrected chi connectivity index (χ2v) is 17.1. The highest BCUT2D eigenvalue weighted by atomic mass is 14.4. The lowest BCUT2D eigenvalue weighted by Crippen LogP contribution is -2.23. The molecule has 0 amide bonds. The summed E-state index contributed by atoms with van der Waals surface area (Å²) in [6.07, 6.45) is 18.2. The van der Waals surface area contributed by atoms with Crippen LogP contribution in [0, 0.1) is 47.8 Å². The van der Waals surface area contributed by atoms with Crippen LogP contribution in [0.2, 0.25) is 0 Å². The molecule has 0 bridgehead atoms. The highest BCUT2D eigenvalue weighted by molar-refractivity contribution is 5.95. The Morgan fingerprint density at radius 1 is 0.824 bits per heavy atom. The molecule has 3 aromatic carbocycles. The van der Waals surface area contributed by atoms with Gasteiger partial charge in [-0.1, -0.05) is 179 Å². The van der Waals surface area contributed by atoms with E-state index in [4.69, 9.17) is 0 Å². The van der Waals surface area contributed by atoms with E-state index < -0.39 is 0 Å². The molecule has 1 atom stereocenters. The van der Waals surface area contributed by atoms with Gasteiger partial charge in [-0.3, -0.25) is 0 Å². The Morgan fingerprint density at radius 3 is 2.00 bits per heavy atom. The van der Waals surface area contributed by atoms with Crippen LogP contribution in [0.3, 0.4) is 0 Å². The zero-order valence-corrected chi connectivity index (χ0v) is 34.7. The highest BCUT2D eigenvalue weighted by Gasteiger charge is 2.31. The van der Waals surface area contributed by atoms with Gasteiger partial charge in [-0.05, 0) is 137 Å². The molecule has 0 radical (unpaired) electrons. The molecule has 1 unspecified atom stereocenters. The van der Waals surface area contributed by atoms with Gasteiger partial charge in [0.1, 0.15) is 0 Å². The van der Waals surface area contributed by atoms with E-state index in [9.17, 15) is 0 Å². The summed E-state index contributed by atoms with van der Waals surface area (Å²) >= 11 is 0.